The van der Waals surface area contributed by atoms with E-state index in [0.29, 0.717) is 11.3 Å². The number of nitriles is 1. The summed E-state index contributed by atoms with van der Waals surface area (Å²) in [7, 11) is 0. The number of pyridine rings is 1. The van der Waals surface area contributed by atoms with Crippen molar-refractivity contribution < 1.29 is 4.79 Å². The van der Waals surface area contributed by atoms with Gasteiger partial charge in [-0.1, -0.05) is 36.4 Å². The summed E-state index contributed by atoms with van der Waals surface area (Å²) in [5.74, 6) is -0.318. The van der Waals surface area contributed by atoms with Crippen molar-refractivity contribution in [2.75, 3.05) is 5.32 Å². The van der Waals surface area contributed by atoms with Crippen molar-refractivity contribution in [1.29, 1.82) is 5.26 Å². The third-order valence-electron chi connectivity index (χ3n) is 3.86. The van der Waals surface area contributed by atoms with Crippen LogP contribution in [0.5, 0.6) is 0 Å². The molecule has 0 saturated heterocycles. The van der Waals surface area contributed by atoms with E-state index in [9.17, 15) is 9.59 Å². The molecule has 1 heterocycles. The van der Waals surface area contributed by atoms with Crippen LogP contribution in [0.1, 0.15) is 11.1 Å². The van der Waals surface area contributed by atoms with E-state index < -0.39 is 5.56 Å². The number of rotatable bonds is 3. The van der Waals surface area contributed by atoms with Crippen LogP contribution in [-0.4, -0.2) is 10.5 Å². The van der Waals surface area contributed by atoms with Gasteiger partial charge < -0.3 is 9.88 Å². The van der Waals surface area contributed by atoms with Crippen LogP contribution in [0, 0.1) is 18.3 Å². The maximum atomic E-state index is 12.3. The molecule has 0 spiro atoms. The summed E-state index contributed by atoms with van der Waals surface area (Å²) in [4.78, 5) is 24.5. The highest BCUT2D eigenvalue weighted by Gasteiger charge is 2.11. The summed E-state index contributed by atoms with van der Waals surface area (Å²) in [6.45, 7) is 1.55. The predicted octanol–water partition coefficient (Wildman–Crippen LogP) is 2.82. The zero-order chi connectivity index (χ0) is 17.1. The van der Waals surface area contributed by atoms with Crippen molar-refractivity contribution in [3.05, 3.63) is 76.2 Å². The molecule has 3 aromatic rings. The Morgan fingerprint density at radius 2 is 1.92 bits per heavy atom. The lowest BCUT2D eigenvalue weighted by Crippen LogP contribution is -2.29. The number of nitrogens with zero attached hydrogens (tertiary/aromatic N) is 2. The molecule has 0 atom stereocenters. The highest BCUT2D eigenvalue weighted by molar-refractivity contribution is 6.02. The molecule has 0 fully saturated rings. The largest absolute Gasteiger partial charge is 0.324 e. The van der Waals surface area contributed by atoms with Gasteiger partial charge in [-0.15, -0.1) is 0 Å². The lowest BCUT2D eigenvalue weighted by atomic mass is 10.1. The summed E-state index contributed by atoms with van der Waals surface area (Å²) in [5, 5.41) is 13.8. The highest BCUT2D eigenvalue weighted by Crippen LogP contribution is 2.22. The van der Waals surface area contributed by atoms with Gasteiger partial charge >= 0.3 is 0 Å². The monoisotopic (exact) mass is 317 g/mol. The first-order chi connectivity index (χ1) is 11.6. The average Bonchev–Trinajstić information content (AvgIpc) is 2.58. The number of hydrogen-bond acceptors (Lipinski definition) is 3. The molecule has 118 valence electrons. The molecule has 0 aliphatic heterocycles. The highest BCUT2D eigenvalue weighted by atomic mass is 16.2. The Morgan fingerprint density at radius 1 is 1.17 bits per heavy atom. The number of aryl methyl sites for hydroxylation is 1. The molecule has 1 amide bonds. The number of nitrogens with one attached hydrogen (secondary N) is 1. The number of aromatic nitrogens is 1. The van der Waals surface area contributed by atoms with E-state index in [1.807, 2.05) is 48.5 Å². The average molecular weight is 317 g/mol. The molecule has 24 heavy (non-hydrogen) atoms. The second-order valence-corrected chi connectivity index (χ2v) is 5.49. The fourth-order valence-electron chi connectivity index (χ4n) is 2.60. The minimum atomic E-state index is -0.453. The first kappa shape index (κ1) is 15.5. The summed E-state index contributed by atoms with van der Waals surface area (Å²) < 4.78 is 1.24. The second kappa shape index (κ2) is 6.39. The Hall–Kier alpha value is -3.39. The second-order valence-electron chi connectivity index (χ2n) is 5.49. The van der Waals surface area contributed by atoms with Crippen LogP contribution in [0.3, 0.4) is 0 Å². The van der Waals surface area contributed by atoms with Gasteiger partial charge in [0.1, 0.15) is 18.2 Å². The number of amides is 1. The van der Waals surface area contributed by atoms with E-state index in [0.717, 1.165) is 10.8 Å². The molecule has 0 saturated carbocycles. The first-order valence-corrected chi connectivity index (χ1v) is 7.48. The van der Waals surface area contributed by atoms with Crippen molar-refractivity contribution in [3.63, 3.8) is 0 Å². The number of fused-ring (bicyclic) bond motifs is 1. The molecule has 0 radical (unpaired) electrons. The van der Waals surface area contributed by atoms with E-state index in [4.69, 9.17) is 5.26 Å². The van der Waals surface area contributed by atoms with E-state index in [2.05, 4.69) is 5.32 Å². The van der Waals surface area contributed by atoms with Crippen molar-refractivity contribution >= 4 is 22.4 Å². The molecule has 0 aliphatic rings. The topological polar surface area (TPSA) is 74.9 Å². The fraction of sp³-hybridized carbons (Fsp3) is 0.105. The lowest BCUT2D eigenvalue weighted by molar-refractivity contribution is -0.116. The third-order valence-corrected chi connectivity index (χ3v) is 3.86. The minimum Gasteiger partial charge on any atom is -0.324 e. The Bertz CT molecular complexity index is 1020. The van der Waals surface area contributed by atoms with Gasteiger partial charge in [-0.3, -0.25) is 9.59 Å². The van der Waals surface area contributed by atoms with Gasteiger partial charge in [0, 0.05) is 17.3 Å². The third kappa shape index (κ3) is 2.90. The van der Waals surface area contributed by atoms with Crippen molar-refractivity contribution in [3.8, 4) is 6.07 Å². The van der Waals surface area contributed by atoms with E-state index in [1.165, 1.54) is 10.8 Å². The standard InChI is InChI=1S/C19H15N3O2/c1-13-9-10-22(19(24)16(13)11-20)12-18(23)21-17-8-4-6-14-5-2-3-7-15(14)17/h2-10H,12H2,1H3,(H,21,23). The Labute approximate surface area is 138 Å². The number of carbonyl (C=O) groups excluding carboxylic acids is 1. The number of hydrogen-bond donors (Lipinski definition) is 1. The summed E-state index contributed by atoms with van der Waals surface area (Å²) in [6.07, 6.45) is 1.53. The molecular formula is C19H15N3O2. The van der Waals surface area contributed by atoms with E-state index in [-0.39, 0.29) is 18.0 Å². The smallest absolute Gasteiger partial charge is 0.269 e. The van der Waals surface area contributed by atoms with Crippen LogP contribution in [0.15, 0.2) is 59.5 Å². The Balaban J connectivity index is 1.87. The SMILES string of the molecule is Cc1ccn(CC(=O)Nc2cccc3ccccc23)c(=O)c1C#N. The maximum Gasteiger partial charge on any atom is 0.269 e. The van der Waals surface area contributed by atoms with Gasteiger partial charge in [-0.05, 0) is 30.0 Å². The van der Waals surface area contributed by atoms with E-state index >= 15 is 0 Å². The lowest BCUT2D eigenvalue weighted by Gasteiger charge is -2.10. The summed E-state index contributed by atoms with van der Waals surface area (Å²) in [5.41, 5.74) is 0.910. The Kier molecular flexibility index (Phi) is 4.13. The van der Waals surface area contributed by atoms with Crippen LogP contribution < -0.4 is 10.9 Å². The van der Waals surface area contributed by atoms with Crippen LogP contribution >= 0.6 is 0 Å². The predicted molar refractivity (Wildman–Crippen MR) is 92.7 cm³/mol. The van der Waals surface area contributed by atoms with Gasteiger partial charge in [0.15, 0.2) is 0 Å². The van der Waals surface area contributed by atoms with Crippen molar-refractivity contribution in [2.24, 2.45) is 0 Å². The normalized spacial score (nSPS) is 10.3. The molecule has 5 nitrogen and oxygen atoms in total. The van der Waals surface area contributed by atoms with Crippen LogP contribution in [0.4, 0.5) is 5.69 Å². The number of carbonyl (C=O) groups is 1. The molecule has 2 aromatic carbocycles. The fourth-order valence-corrected chi connectivity index (χ4v) is 2.60. The molecule has 1 N–H and O–H groups in total. The maximum absolute atomic E-state index is 12.3. The first-order valence-electron chi connectivity index (χ1n) is 7.48. The van der Waals surface area contributed by atoms with Gasteiger partial charge in [-0.25, -0.2) is 0 Å². The molecule has 5 heteroatoms. The molecule has 0 bridgehead atoms. The van der Waals surface area contributed by atoms with Crippen molar-refractivity contribution in [2.45, 2.75) is 13.5 Å². The van der Waals surface area contributed by atoms with Crippen LogP contribution in [0.25, 0.3) is 10.8 Å². The van der Waals surface area contributed by atoms with Gasteiger partial charge in [0.05, 0.1) is 0 Å². The quantitative estimate of drug-likeness (QED) is 0.807. The van der Waals surface area contributed by atoms with Crippen LogP contribution in [0.2, 0.25) is 0 Å². The number of anilines is 1. The summed E-state index contributed by atoms with van der Waals surface area (Å²) in [6, 6.07) is 16.9. The zero-order valence-corrected chi connectivity index (χ0v) is 13.1. The minimum absolute atomic E-state index is 0.0652. The van der Waals surface area contributed by atoms with Gasteiger partial charge in [0.25, 0.3) is 5.56 Å². The van der Waals surface area contributed by atoms with Gasteiger partial charge in [-0.2, -0.15) is 5.26 Å². The molecule has 0 aliphatic carbocycles. The van der Waals surface area contributed by atoms with Crippen molar-refractivity contribution in [1.82, 2.24) is 4.57 Å². The zero-order valence-electron chi connectivity index (χ0n) is 13.1. The molecule has 0 unspecified atom stereocenters. The van der Waals surface area contributed by atoms with Gasteiger partial charge in [0.2, 0.25) is 5.91 Å². The van der Waals surface area contributed by atoms with Crippen LogP contribution in [-0.2, 0) is 11.3 Å². The molecule has 3 rings (SSSR count). The number of benzene rings is 2. The van der Waals surface area contributed by atoms with E-state index in [1.54, 1.807) is 13.0 Å². The summed E-state index contributed by atoms with van der Waals surface area (Å²) >= 11 is 0. The molecule has 1 aromatic heterocycles. The Morgan fingerprint density at radius 3 is 2.71 bits per heavy atom. The molecular weight excluding hydrogens is 302 g/mol.